The molecule has 0 fully saturated rings. The molecular formula is C9H12N6. The van der Waals surface area contributed by atoms with Crippen molar-refractivity contribution in [2.75, 3.05) is 11.9 Å². The minimum absolute atomic E-state index is 0.385. The highest BCUT2D eigenvalue weighted by Crippen LogP contribution is 2.03. The summed E-state index contributed by atoms with van der Waals surface area (Å²) in [6.07, 6.45) is 2.06. The van der Waals surface area contributed by atoms with Crippen molar-refractivity contribution in [2.24, 2.45) is 16.7 Å². The van der Waals surface area contributed by atoms with Crippen LogP contribution >= 0.6 is 0 Å². The molecule has 6 nitrogen and oxygen atoms in total. The van der Waals surface area contributed by atoms with Crippen LogP contribution in [0.4, 0.5) is 5.82 Å². The van der Waals surface area contributed by atoms with Gasteiger partial charge in [-0.05, 0) is 12.1 Å². The van der Waals surface area contributed by atoms with E-state index in [9.17, 15) is 0 Å². The minimum Gasteiger partial charge on any atom is -0.386 e. The molecule has 1 aromatic rings. The number of amidine groups is 1. The molecule has 0 unspecified atom stereocenters. The molecule has 0 spiro atoms. The Bertz CT molecular complexity index is 375. The van der Waals surface area contributed by atoms with Gasteiger partial charge in [0.15, 0.2) is 0 Å². The molecule has 0 aliphatic heterocycles. The van der Waals surface area contributed by atoms with Crippen molar-refractivity contribution in [3.05, 3.63) is 23.9 Å². The molecule has 78 valence electrons. The maximum absolute atomic E-state index is 8.55. The molecule has 0 bridgehead atoms. The maximum Gasteiger partial charge on any atom is 0.125 e. The summed E-state index contributed by atoms with van der Waals surface area (Å²) in [7, 11) is 0. The molecule has 0 aliphatic carbocycles. The Labute approximate surface area is 87.6 Å². The summed E-state index contributed by atoms with van der Waals surface area (Å²) in [6, 6.07) is 5.41. The lowest BCUT2D eigenvalue weighted by Crippen LogP contribution is -2.18. The first-order valence-corrected chi connectivity index (χ1v) is 4.38. The first kappa shape index (κ1) is 10.8. The van der Waals surface area contributed by atoms with E-state index in [4.69, 9.17) is 16.8 Å². The number of nitriles is 1. The third-order valence-corrected chi connectivity index (χ3v) is 1.75. The summed E-state index contributed by atoms with van der Waals surface area (Å²) in [5, 5.41) is 14.9. The van der Waals surface area contributed by atoms with Crippen LogP contribution in [0.2, 0.25) is 0 Å². The van der Waals surface area contributed by atoms with E-state index >= 15 is 0 Å². The molecular weight excluding hydrogens is 192 g/mol. The quantitative estimate of drug-likeness (QED) is 0.276. The van der Waals surface area contributed by atoms with Crippen LogP contribution in [0.5, 0.6) is 0 Å². The number of hydrogen-bond acceptors (Lipinski definition) is 5. The third-order valence-electron chi connectivity index (χ3n) is 1.75. The Kier molecular flexibility index (Phi) is 3.91. The van der Waals surface area contributed by atoms with E-state index in [1.807, 2.05) is 6.07 Å². The lowest BCUT2D eigenvalue weighted by atomic mass is 10.3. The number of hydrogen-bond donors (Lipinski definition) is 3. The van der Waals surface area contributed by atoms with Crippen LogP contribution in [0.1, 0.15) is 12.0 Å². The number of hydrazone groups is 1. The number of aromatic nitrogens is 1. The van der Waals surface area contributed by atoms with E-state index < -0.39 is 0 Å². The van der Waals surface area contributed by atoms with Gasteiger partial charge in [0.1, 0.15) is 17.7 Å². The van der Waals surface area contributed by atoms with Crippen molar-refractivity contribution in [1.82, 2.24) is 4.98 Å². The Morgan fingerprint density at radius 1 is 1.60 bits per heavy atom. The second-order valence-electron chi connectivity index (χ2n) is 2.84. The van der Waals surface area contributed by atoms with Gasteiger partial charge < -0.3 is 16.9 Å². The number of pyridine rings is 1. The molecule has 6 heteroatoms. The third kappa shape index (κ3) is 3.52. The molecule has 15 heavy (non-hydrogen) atoms. The zero-order valence-corrected chi connectivity index (χ0v) is 8.14. The first-order chi connectivity index (χ1) is 7.26. The average molecular weight is 204 g/mol. The van der Waals surface area contributed by atoms with E-state index in [-0.39, 0.29) is 0 Å². The SMILES string of the molecule is N#Cc1ccc(NCCC(N)=NN)nc1. The normalized spacial score (nSPS) is 10.7. The van der Waals surface area contributed by atoms with Gasteiger partial charge in [-0.2, -0.15) is 10.4 Å². The highest BCUT2D eigenvalue weighted by atomic mass is 15.2. The van der Waals surface area contributed by atoms with Gasteiger partial charge in [0, 0.05) is 19.2 Å². The standard InChI is InChI=1S/C9H12N6/c10-5-7-1-2-9(14-6-7)13-4-3-8(11)15-12/h1-2,6H,3-4,12H2,(H2,11,15)(H,13,14). The predicted octanol–water partition coefficient (Wildman–Crippen LogP) is -0.0138. The molecule has 1 aromatic heterocycles. The number of rotatable bonds is 4. The minimum atomic E-state index is 0.385. The van der Waals surface area contributed by atoms with Gasteiger partial charge in [-0.15, -0.1) is 0 Å². The summed E-state index contributed by atoms with van der Waals surface area (Å²) in [6.45, 7) is 0.603. The van der Waals surface area contributed by atoms with E-state index in [1.165, 1.54) is 6.20 Å². The fourth-order valence-electron chi connectivity index (χ4n) is 0.948. The summed E-state index contributed by atoms with van der Waals surface area (Å²) >= 11 is 0. The summed E-state index contributed by atoms with van der Waals surface area (Å²) in [4.78, 5) is 4.03. The smallest absolute Gasteiger partial charge is 0.125 e. The van der Waals surface area contributed by atoms with Crippen molar-refractivity contribution in [1.29, 1.82) is 5.26 Å². The number of nitrogens with two attached hydrogens (primary N) is 2. The van der Waals surface area contributed by atoms with Crippen molar-refractivity contribution in [3.63, 3.8) is 0 Å². The van der Waals surface area contributed by atoms with E-state index in [0.29, 0.717) is 30.2 Å². The van der Waals surface area contributed by atoms with Crippen LogP contribution in [-0.2, 0) is 0 Å². The van der Waals surface area contributed by atoms with Gasteiger partial charge in [-0.1, -0.05) is 0 Å². The monoisotopic (exact) mass is 204 g/mol. The Morgan fingerprint density at radius 3 is 2.93 bits per heavy atom. The summed E-state index contributed by atoms with van der Waals surface area (Å²) < 4.78 is 0. The van der Waals surface area contributed by atoms with Gasteiger partial charge >= 0.3 is 0 Å². The summed E-state index contributed by atoms with van der Waals surface area (Å²) in [5.41, 5.74) is 5.94. The largest absolute Gasteiger partial charge is 0.386 e. The fourth-order valence-corrected chi connectivity index (χ4v) is 0.948. The van der Waals surface area contributed by atoms with Crippen LogP contribution in [0.25, 0.3) is 0 Å². The van der Waals surface area contributed by atoms with Crippen molar-refractivity contribution in [3.8, 4) is 6.07 Å². The Hall–Kier alpha value is -2.29. The van der Waals surface area contributed by atoms with Crippen molar-refractivity contribution >= 4 is 11.7 Å². The summed E-state index contributed by atoms with van der Waals surface area (Å²) in [5.74, 6) is 6.05. The van der Waals surface area contributed by atoms with E-state index in [1.54, 1.807) is 12.1 Å². The fraction of sp³-hybridized carbons (Fsp3) is 0.222. The van der Waals surface area contributed by atoms with Gasteiger partial charge in [-0.25, -0.2) is 4.98 Å². The van der Waals surface area contributed by atoms with Crippen LogP contribution < -0.4 is 16.9 Å². The highest BCUT2D eigenvalue weighted by Gasteiger charge is 1.95. The topological polar surface area (TPSA) is 113 Å². The number of nitrogens with one attached hydrogen (secondary N) is 1. The molecule has 0 amide bonds. The van der Waals surface area contributed by atoms with Crippen molar-refractivity contribution in [2.45, 2.75) is 6.42 Å². The van der Waals surface area contributed by atoms with E-state index in [2.05, 4.69) is 15.4 Å². The van der Waals surface area contributed by atoms with Crippen molar-refractivity contribution < 1.29 is 0 Å². The molecule has 0 aliphatic rings. The number of nitrogens with zero attached hydrogens (tertiary/aromatic N) is 3. The van der Waals surface area contributed by atoms with E-state index in [0.717, 1.165) is 0 Å². The predicted molar refractivity (Wildman–Crippen MR) is 57.9 cm³/mol. The lowest BCUT2D eigenvalue weighted by molar-refractivity contribution is 1.05. The van der Waals surface area contributed by atoms with Gasteiger partial charge in [0.2, 0.25) is 0 Å². The Balaban J connectivity index is 2.42. The number of anilines is 1. The molecule has 0 radical (unpaired) electrons. The Morgan fingerprint density at radius 2 is 2.40 bits per heavy atom. The highest BCUT2D eigenvalue weighted by molar-refractivity contribution is 5.80. The second-order valence-corrected chi connectivity index (χ2v) is 2.84. The van der Waals surface area contributed by atoms with Crippen LogP contribution in [0.15, 0.2) is 23.4 Å². The van der Waals surface area contributed by atoms with Gasteiger partial charge in [-0.3, -0.25) is 0 Å². The van der Waals surface area contributed by atoms with Gasteiger partial charge in [0.05, 0.1) is 5.56 Å². The molecule has 0 saturated heterocycles. The zero-order chi connectivity index (χ0) is 11.1. The average Bonchev–Trinajstić information content (AvgIpc) is 2.29. The zero-order valence-electron chi connectivity index (χ0n) is 8.14. The van der Waals surface area contributed by atoms with Crippen LogP contribution in [0.3, 0.4) is 0 Å². The molecule has 1 rings (SSSR count). The first-order valence-electron chi connectivity index (χ1n) is 4.38. The maximum atomic E-state index is 8.55. The second kappa shape index (κ2) is 5.44. The van der Waals surface area contributed by atoms with Gasteiger partial charge in [0.25, 0.3) is 0 Å². The lowest BCUT2D eigenvalue weighted by Gasteiger charge is -2.04. The molecule has 0 saturated carbocycles. The van der Waals surface area contributed by atoms with Crippen LogP contribution in [-0.4, -0.2) is 17.4 Å². The molecule has 5 N–H and O–H groups in total. The molecule has 0 atom stereocenters. The molecule has 1 heterocycles. The van der Waals surface area contributed by atoms with Crippen LogP contribution in [0, 0.1) is 11.3 Å². The molecule has 0 aromatic carbocycles.